The van der Waals surface area contributed by atoms with Crippen molar-refractivity contribution in [3.63, 3.8) is 0 Å². The Balaban J connectivity index is 2.16. The van der Waals surface area contributed by atoms with Crippen LogP contribution in [-0.2, 0) is 19.4 Å². The van der Waals surface area contributed by atoms with Crippen LogP contribution in [0.3, 0.4) is 0 Å². The molecule has 1 N–H and O–H groups in total. The summed E-state index contributed by atoms with van der Waals surface area (Å²) >= 11 is 1.83. The minimum atomic E-state index is 0.320. The van der Waals surface area contributed by atoms with Gasteiger partial charge in [-0.3, -0.25) is 0 Å². The Morgan fingerprint density at radius 3 is 2.85 bits per heavy atom. The van der Waals surface area contributed by atoms with Gasteiger partial charge >= 0.3 is 0 Å². The second-order valence-electron chi connectivity index (χ2n) is 5.46. The van der Waals surface area contributed by atoms with Crippen LogP contribution in [0.2, 0.25) is 0 Å². The van der Waals surface area contributed by atoms with Gasteiger partial charge in [-0.05, 0) is 36.4 Å². The third-order valence-corrected chi connectivity index (χ3v) is 4.52. The van der Waals surface area contributed by atoms with Crippen LogP contribution in [0.25, 0.3) is 0 Å². The maximum atomic E-state index is 4.44. The van der Waals surface area contributed by atoms with Crippen LogP contribution < -0.4 is 5.32 Å². The Morgan fingerprint density at radius 2 is 2.20 bits per heavy atom. The fourth-order valence-electron chi connectivity index (χ4n) is 2.40. The summed E-state index contributed by atoms with van der Waals surface area (Å²) in [6, 6.07) is 2.54. The Hall–Kier alpha value is -1.20. The van der Waals surface area contributed by atoms with Gasteiger partial charge in [0.05, 0.1) is 0 Å². The SMILES string of the molecule is CCc1ccsc1C(Cc1ncnn1CC(C)C)NC. The summed E-state index contributed by atoms with van der Waals surface area (Å²) in [7, 11) is 2.02. The van der Waals surface area contributed by atoms with Crippen LogP contribution in [-0.4, -0.2) is 21.8 Å². The number of aryl methyl sites for hydroxylation is 1. The lowest BCUT2D eigenvalue weighted by molar-refractivity contribution is 0.452. The van der Waals surface area contributed by atoms with Crippen molar-refractivity contribution in [2.75, 3.05) is 7.05 Å². The molecular weight excluding hydrogens is 268 g/mol. The largest absolute Gasteiger partial charge is 0.312 e. The maximum Gasteiger partial charge on any atom is 0.138 e. The molecule has 4 nitrogen and oxygen atoms in total. The van der Waals surface area contributed by atoms with Gasteiger partial charge in [0.15, 0.2) is 0 Å². The summed E-state index contributed by atoms with van der Waals surface area (Å²) in [5.41, 5.74) is 1.43. The zero-order chi connectivity index (χ0) is 14.5. The van der Waals surface area contributed by atoms with Crippen molar-refractivity contribution in [1.82, 2.24) is 20.1 Å². The van der Waals surface area contributed by atoms with Crippen molar-refractivity contribution in [2.45, 2.75) is 46.2 Å². The van der Waals surface area contributed by atoms with Crippen molar-refractivity contribution >= 4 is 11.3 Å². The smallest absolute Gasteiger partial charge is 0.138 e. The molecule has 110 valence electrons. The number of hydrogen-bond acceptors (Lipinski definition) is 4. The first-order valence-corrected chi connectivity index (χ1v) is 8.13. The molecule has 0 fully saturated rings. The average Bonchev–Trinajstić information content (AvgIpc) is 3.04. The zero-order valence-electron chi connectivity index (χ0n) is 12.8. The molecule has 0 bridgehead atoms. The molecule has 0 aliphatic heterocycles. The van der Waals surface area contributed by atoms with Crippen LogP contribution in [0.15, 0.2) is 17.8 Å². The van der Waals surface area contributed by atoms with E-state index in [1.807, 2.05) is 23.1 Å². The van der Waals surface area contributed by atoms with Crippen LogP contribution in [0.4, 0.5) is 0 Å². The molecule has 20 heavy (non-hydrogen) atoms. The summed E-state index contributed by atoms with van der Waals surface area (Å²) in [6.07, 6.45) is 3.63. The van der Waals surface area contributed by atoms with E-state index in [-0.39, 0.29) is 0 Å². The van der Waals surface area contributed by atoms with Gasteiger partial charge in [0.1, 0.15) is 12.2 Å². The molecule has 1 unspecified atom stereocenters. The molecular formula is C15H24N4S. The third-order valence-electron chi connectivity index (χ3n) is 3.45. The first kappa shape index (κ1) is 15.2. The Kier molecular flexibility index (Phi) is 5.31. The predicted octanol–water partition coefficient (Wildman–Crippen LogP) is 3.06. The molecule has 0 spiro atoms. The molecule has 2 heterocycles. The highest BCUT2D eigenvalue weighted by Gasteiger charge is 2.18. The van der Waals surface area contributed by atoms with Gasteiger partial charge in [-0.2, -0.15) is 5.10 Å². The lowest BCUT2D eigenvalue weighted by Gasteiger charge is -2.17. The van der Waals surface area contributed by atoms with Gasteiger partial charge in [0, 0.05) is 23.9 Å². The first-order chi connectivity index (χ1) is 9.65. The standard InChI is InChI=1S/C15H24N4S/c1-5-12-6-7-20-15(12)13(16-4)8-14-17-10-18-19(14)9-11(2)3/h6-7,10-11,13,16H,5,8-9H2,1-4H3. The molecule has 0 aliphatic carbocycles. The Bertz CT molecular complexity index is 529. The zero-order valence-corrected chi connectivity index (χ0v) is 13.6. The van der Waals surface area contributed by atoms with Crippen LogP contribution in [0.5, 0.6) is 0 Å². The van der Waals surface area contributed by atoms with Crippen LogP contribution in [0, 0.1) is 5.92 Å². The van der Waals surface area contributed by atoms with E-state index >= 15 is 0 Å². The minimum absolute atomic E-state index is 0.320. The van der Waals surface area contributed by atoms with E-state index < -0.39 is 0 Å². The van der Waals surface area contributed by atoms with Crippen molar-refractivity contribution in [2.24, 2.45) is 5.92 Å². The Morgan fingerprint density at radius 1 is 1.40 bits per heavy atom. The van der Waals surface area contributed by atoms with E-state index in [0.29, 0.717) is 12.0 Å². The normalized spacial score (nSPS) is 13.1. The fourth-order valence-corrected chi connectivity index (χ4v) is 3.51. The number of thiophene rings is 1. The van der Waals surface area contributed by atoms with Gasteiger partial charge < -0.3 is 5.32 Å². The van der Waals surface area contributed by atoms with E-state index in [2.05, 4.69) is 47.6 Å². The van der Waals surface area contributed by atoms with E-state index in [9.17, 15) is 0 Å². The molecule has 0 aliphatic rings. The summed E-state index contributed by atoms with van der Waals surface area (Å²) in [5.74, 6) is 1.64. The van der Waals surface area contributed by atoms with E-state index in [4.69, 9.17) is 0 Å². The van der Waals surface area contributed by atoms with Crippen LogP contribution >= 0.6 is 11.3 Å². The summed E-state index contributed by atoms with van der Waals surface area (Å²) in [5, 5.41) is 9.95. The van der Waals surface area contributed by atoms with Crippen molar-refractivity contribution in [3.8, 4) is 0 Å². The fraction of sp³-hybridized carbons (Fsp3) is 0.600. The summed E-state index contributed by atoms with van der Waals surface area (Å²) < 4.78 is 2.04. The molecule has 0 radical (unpaired) electrons. The van der Waals surface area contributed by atoms with Crippen LogP contribution in [0.1, 0.15) is 43.1 Å². The van der Waals surface area contributed by atoms with Crippen molar-refractivity contribution in [1.29, 1.82) is 0 Å². The number of likely N-dealkylation sites (N-methyl/N-ethyl adjacent to an activating group) is 1. The Labute approximate surface area is 125 Å². The van der Waals surface area contributed by atoms with E-state index in [1.54, 1.807) is 6.33 Å². The minimum Gasteiger partial charge on any atom is -0.312 e. The monoisotopic (exact) mass is 292 g/mol. The molecule has 2 aromatic heterocycles. The molecule has 2 rings (SSSR count). The maximum absolute atomic E-state index is 4.44. The molecule has 0 saturated carbocycles. The predicted molar refractivity (Wildman–Crippen MR) is 84.1 cm³/mol. The second kappa shape index (κ2) is 6.99. The topological polar surface area (TPSA) is 42.7 Å². The highest BCUT2D eigenvalue weighted by atomic mass is 32.1. The molecule has 0 aromatic carbocycles. The van der Waals surface area contributed by atoms with Gasteiger partial charge in [0.2, 0.25) is 0 Å². The summed E-state index contributed by atoms with van der Waals surface area (Å²) in [4.78, 5) is 5.86. The number of hydrogen-bond donors (Lipinski definition) is 1. The van der Waals surface area contributed by atoms with Crippen molar-refractivity contribution < 1.29 is 0 Å². The highest BCUT2D eigenvalue weighted by Crippen LogP contribution is 2.27. The average molecular weight is 292 g/mol. The van der Waals surface area contributed by atoms with E-state index in [1.165, 1.54) is 10.4 Å². The van der Waals surface area contributed by atoms with Gasteiger partial charge in [-0.1, -0.05) is 20.8 Å². The number of nitrogens with one attached hydrogen (secondary N) is 1. The highest BCUT2D eigenvalue weighted by molar-refractivity contribution is 7.10. The molecule has 2 aromatic rings. The quantitative estimate of drug-likeness (QED) is 0.853. The lowest BCUT2D eigenvalue weighted by atomic mass is 10.1. The van der Waals surface area contributed by atoms with Crippen molar-refractivity contribution in [3.05, 3.63) is 34.0 Å². The lowest BCUT2D eigenvalue weighted by Crippen LogP contribution is -2.22. The first-order valence-electron chi connectivity index (χ1n) is 7.25. The molecule has 0 amide bonds. The molecule has 0 saturated heterocycles. The number of rotatable bonds is 7. The number of aromatic nitrogens is 3. The number of nitrogens with zero attached hydrogens (tertiary/aromatic N) is 3. The molecule has 5 heteroatoms. The van der Waals surface area contributed by atoms with E-state index in [0.717, 1.165) is 25.2 Å². The van der Waals surface area contributed by atoms with Gasteiger partial charge in [-0.15, -0.1) is 11.3 Å². The van der Waals surface area contributed by atoms with Gasteiger partial charge in [0.25, 0.3) is 0 Å². The third kappa shape index (κ3) is 3.46. The second-order valence-corrected chi connectivity index (χ2v) is 6.41. The summed E-state index contributed by atoms with van der Waals surface area (Å²) in [6.45, 7) is 7.54. The van der Waals surface area contributed by atoms with Gasteiger partial charge in [-0.25, -0.2) is 9.67 Å². The molecule has 1 atom stereocenters.